The molecule has 0 aliphatic heterocycles. The molecule has 2 rings (SSSR count). The van der Waals surface area contributed by atoms with Crippen LogP contribution in [0.1, 0.15) is 47.1 Å². The van der Waals surface area contributed by atoms with Crippen LogP contribution in [0, 0.1) is 0 Å². The number of nitrogens with one attached hydrogen (secondary N) is 1. The maximum Gasteiger partial charge on any atom is 0.184 e. The molecular weight excluding hydrogens is 240 g/mol. The first-order chi connectivity index (χ1) is 8.15. The quantitative estimate of drug-likeness (QED) is 0.798. The summed E-state index contributed by atoms with van der Waals surface area (Å²) in [5, 5.41) is 4.44. The Balaban J connectivity index is 2.40. The van der Waals surface area contributed by atoms with Crippen LogP contribution in [0.2, 0.25) is 0 Å². The van der Waals surface area contributed by atoms with Crippen LogP contribution in [0.25, 0.3) is 10.2 Å². The molecule has 1 aromatic heterocycles. The Morgan fingerprint density at radius 1 is 1.06 bits per heavy atom. The fraction of sp³-hybridized carbons (Fsp3) is 0.533. The third-order valence-corrected chi connectivity index (χ3v) is 3.67. The fourth-order valence-electron chi connectivity index (χ4n) is 1.77. The summed E-state index contributed by atoms with van der Waals surface area (Å²) in [6.07, 6.45) is 0. The second-order valence-electron chi connectivity index (χ2n) is 6.83. The van der Waals surface area contributed by atoms with Gasteiger partial charge in [-0.15, -0.1) is 0 Å². The Labute approximate surface area is 113 Å². The Morgan fingerprint density at radius 3 is 2.28 bits per heavy atom. The van der Waals surface area contributed by atoms with Crippen LogP contribution in [0.3, 0.4) is 0 Å². The number of anilines is 1. The van der Waals surface area contributed by atoms with Crippen LogP contribution in [-0.2, 0) is 5.41 Å². The first kappa shape index (κ1) is 13.3. The van der Waals surface area contributed by atoms with Gasteiger partial charge in [-0.25, -0.2) is 4.98 Å². The number of nitrogens with zero attached hydrogens (tertiary/aromatic N) is 1. The molecule has 0 atom stereocenters. The van der Waals surface area contributed by atoms with Crippen LogP contribution < -0.4 is 5.32 Å². The second kappa shape index (κ2) is 4.23. The normalized spacial score (nSPS) is 13.0. The molecule has 2 aromatic rings. The predicted molar refractivity (Wildman–Crippen MR) is 81.7 cm³/mol. The minimum Gasteiger partial charge on any atom is -0.357 e. The molecule has 0 unspecified atom stereocenters. The molecule has 0 amide bonds. The highest BCUT2D eigenvalue weighted by Crippen LogP contribution is 2.32. The molecule has 0 bridgehead atoms. The molecule has 1 heterocycles. The maximum absolute atomic E-state index is 4.63. The van der Waals surface area contributed by atoms with E-state index in [1.54, 1.807) is 11.3 Å². The van der Waals surface area contributed by atoms with Crippen molar-refractivity contribution < 1.29 is 0 Å². The van der Waals surface area contributed by atoms with Crippen molar-refractivity contribution in [2.75, 3.05) is 5.32 Å². The lowest BCUT2D eigenvalue weighted by molar-refractivity contribution is 0.591. The molecule has 0 fully saturated rings. The van der Waals surface area contributed by atoms with E-state index in [1.165, 1.54) is 10.3 Å². The Morgan fingerprint density at radius 2 is 1.72 bits per heavy atom. The van der Waals surface area contributed by atoms with Gasteiger partial charge < -0.3 is 5.32 Å². The van der Waals surface area contributed by atoms with Gasteiger partial charge in [-0.05, 0) is 43.9 Å². The summed E-state index contributed by atoms with van der Waals surface area (Å²) in [5.41, 5.74) is 2.69. The summed E-state index contributed by atoms with van der Waals surface area (Å²) in [7, 11) is 0. The molecule has 3 heteroatoms. The molecule has 98 valence electrons. The fourth-order valence-corrected chi connectivity index (χ4v) is 2.88. The smallest absolute Gasteiger partial charge is 0.184 e. The lowest BCUT2D eigenvalue weighted by atomic mass is 9.87. The average Bonchev–Trinajstić information content (AvgIpc) is 2.53. The van der Waals surface area contributed by atoms with Gasteiger partial charge in [-0.1, -0.05) is 38.2 Å². The monoisotopic (exact) mass is 262 g/mol. The van der Waals surface area contributed by atoms with Gasteiger partial charge in [0.05, 0.1) is 10.2 Å². The zero-order valence-corrected chi connectivity index (χ0v) is 12.9. The SMILES string of the molecule is CC(C)(C)Nc1nc2ccc(C(C)(C)C)cc2s1. The van der Waals surface area contributed by atoms with E-state index in [0.717, 1.165) is 10.6 Å². The van der Waals surface area contributed by atoms with E-state index >= 15 is 0 Å². The zero-order valence-electron chi connectivity index (χ0n) is 12.1. The van der Waals surface area contributed by atoms with E-state index in [4.69, 9.17) is 0 Å². The summed E-state index contributed by atoms with van der Waals surface area (Å²) in [6, 6.07) is 6.57. The standard InChI is InChI=1S/C15H22N2S/c1-14(2,3)10-7-8-11-12(9-10)18-13(16-11)17-15(4,5)6/h7-9H,1-6H3,(H,16,17). The van der Waals surface area contributed by atoms with E-state index in [-0.39, 0.29) is 11.0 Å². The zero-order chi connectivity index (χ0) is 13.6. The van der Waals surface area contributed by atoms with Crippen molar-refractivity contribution in [2.45, 2.75) is 52.5 Å². The number of hydrogen-bond donors (Lipinski definition) is 1. The highest BCUT2D eigenvalue weighted by molar-refractivity contribution is 7.22. The highest BCUT2D eigenvalue weighted by Gasteiger charge is 2.16. The van der Waals surface area contributed by atoms with Crippen LogP contribution in [-0.4, -0.2) is 10.5 Å². The van der Waals surface area contributed by atoms with Crippen LogP contribution >= 0.6 is 11.3 Å². The number of benzene rings is 1. The molecule has 0 aliphatic carbocycles. The molecule has 18 heavy (non-hydrogen) atoms. The topological polar surface area (TPSA) is 24.9 Å². The molecule has 1 N–H and O–H groups in total. The van der Waals surface area contributed by atoms with Crippen molar-refractivity contribution in [1.82, 2.24) is 4.98 Å². The number of aromatic nitrogens is 1. The van der Waals surface area contributed by atoms with Crippen LogP contribution in [0.15, 0.2) is 18.2 Å². The Hall–Kier alpha value is -1.09. The third kappa shape index (κ3) is 3.02. The van der Waals surface area contributed by atoms with E-state index in [9.17, 15) is 0 Å². The summed E-state index contributed by atoms with van der Waals surface area (Å²) in [5.74, 6) is 0. The molecule has 2 nitrogen and oxygen atoms in total. The van der Waals surface area contributed by atoms with E-state index < -0.39 is 0 Å². The molecule has 0 radical (unpaired) electrons. The largest absolute Gasteiger partial charge is 0.357 e. The van der Waals surface area contributed by atoms with Gasteiger partial charge in [0.25, 0.3) is 0 Å². The van der Waals surface area contributed by atoms with Crippen molar-refractivity contribution in [3.63, 3.8) is 0 Å². The minimum atomic E-state index is 0.0563. The molecule has 0 spiro atoms. The molecule has 1 aromatic carbocycles. The van der Waals surface area contributed by atoms with Gasteiger partial charge in [0.2, 0.25) is 0 Å². The van der Waals surface area contributed by atoms with Crippen molar-refractivity contribution in [3.8, 4) is 0 Å². The minimum absolute atomic E-state index is 0.0563. The lowest BCUT2D eigenvalue weighted by Gasteiger charge is -2.19. The number of thiazole rings is 1. The van der Waals surface area contributed by atoms with Gasteiger partial charge >= 0.3 is 0 Å². The first-order valence-corrected chi connectivity index (χ1v) is 7.16. The van der Waals surface area contributed by atoms with Gasteiger partial charge in [0.15, 0.2) is 5.13 Å². The summed E-state index contributed by atoms with van der Waals surface area (Å²) >= 11 is 1.73. The predicted octanol–water partition coefficient (Wildman–Crippen LogP) is 4.80. The first-order valence-electron chi connectivity index (χ1n) is 6.34. The maximum atomic E-state index is 4.63. The summed E-state index contributed by atoms with van der Waals surface area (Å²) in [6.45, 7) is 13.2. The van der Waals surface area contributed by atoms with Crippen molar-refractivity contribution >= 4 is 26.7 Å². The van der Waals surface area contributed by atoms with Crippen molar-refractivity contribution in [1.29, 1.82) is 0 Å². The van der Waals surface area contributed by atoms with E-state index in [0.29, 0.717) is 0 Å². The van der Waals surface area contributed by atoms with Gasteiger partial charge in [-0.2, -0.15) is 0 Å². The van der Waals surface area contributed by atoms with Crippen LogP contribution in [0.5, 0.6) is 0 Å². The molecule has 0 saturated carbocycles. The molecule has 0 aliphatic rings. The second-order valence-corrected chi connectivity index (χ2v) is 7.86. The van der Waals surface area contributed by atoms with E-state index in [2.05, 4.69) is 70.0 Å². The lowest BCUT2D eigenvalue weighted by Crippen LogP contribution is -2.25. The highest BCUT2D eigenvalue weighted by atomic mass is 32.1. The Bertz CT molecular complexity index is 556. The number of rotatable bonds is 1. The van der Waals surface area contributed by atoms with Crippen LogP contribution in [0.4, 0.5) is 5.13 Å². The number of fused-ring (bicyclic) bond motifs is 1. The number of hydrogen-bond acceptors (Lipinski definition) is 3. The summed E-state index contributed by atoms with van der Waals surface area (Å²) < 4.78 is 1.26. The van der Waals surface area contributed by atoms with E-state index in [1.807, 2.05) is 0 Å². The van der Waals surface area contributed by atoms with Gasteiger partial charge in [-0.3, -0.25) is 0 Å². The van der Waals surface area contributed by atoms with Gasteiger partial charge in [0.1, 0.15) is 0 Å². The van der Waals surface area contributed by atoms with Crippen molar-refractivity contribution in [2.24, 2.45) is 0 Å². The molecular formula is C15H22N2S. The average molecular weight is 262 g/mol. The molecule has 0 saturated heterocycles. The Kier molecular flexibility index (Phi) is 3.14. The van der Waals surface area contributed by atoms with Crippen molar-refractivity contribution in [3.05, 3.63) is 23.8 Å². The third-order valence-electron chi connectivity index (χ3n) is 2.74. The summed E-state index contributed by atoms with van der Waals surface area (Å²) in [4.78, 5) is 4.63. The van der Waals surface area contributed by atoms with Gasteiger partial charge in [0, 0.05) is 5.54 Å².